The first kappa shape index (κ1) is 14.9. The summed E-state index contributed by atoms with van der Waals surface area (Å²) < 4.78 is 4.73. The molecular formula is C13H14N4O3S. The summed E-state index contributed by atoms with van der Waals surface area (Å²) in [6.45, 7) is 0. The minimum absolute atomic E-state index is 0.141. The summed E-state index contributed by atoms with van der Waals surface area (Å²) in [4.78, 5) is 29.7. The average Bonchev–Trinajstić information content (AvgIpc) is 2.43. The van der Waals surface area contributed by atoms with E-state index in [1.807, 2.05) is 0 Å². The van der Waals surface area contributed by atoms with E-state index in [0.29, 0.717) is 27.7 Å². The number of nitrogen functional groups attached to an aromatic ring is 2. The number of aromatic nitrogens is 2. The Morgan fingerprint density at radius 2 is 2.19 bits per heavy atom. The van der Waals surface area contributed by atoms with E-state index in [4.69, 9.17) is 16.2 Å². The van der Waals surface area contributed by atoms with Crippen LogP contribution in [0.3, 0.4) is 0 Å². The second-order valence-corrected chi connectivity index (χ2v) is 5.10. The van der Waals surface area contributed by atoms with E-state index >= 15 is 0 Å². The lowest BCUT2D eigenvalue weighted by atomic mass is 10.1. The number of ether oxygens (including phenoxy) is 1. The van der Waals surface area contributed by atoms with Gasteiger partial charge >= 0.3 is 5.97 Å². The fourth-order valence-corrected chi connectivity index (χ4v) is 2.63. The second-order valence-electron chi connectivity index (χ2n) is 4.14. The monoisotopic (exact) mass is 306 g/mol. The van der Waals surface area contributed by atoms with Crippen LogP contribution >= 0.6 is 11.8 Å². The highest BCUT2D eigenvalue weighted by Gasteiger charge is 2.15. The molecule has 0 radical (unpaired) electrons. The molecule has 0 spiro atoms. The summed E-state index contributed by atoms with van der Waals surface area (Å²) in [7, 11) is 1.29. The summed E-state index contributed by atoms with van der Waals surface area (Å²) in [5.41, 5.74) is 12.3. The molecule has 0 bridgehead atoms. The molecule has 8 heteroatoms. The summed E-state index contributed by atoms with van der Waals surface area (Å²) >= 11 is 1.24. The molecular weight excluding hydrogens is 292 g/mol. The number of benzene rings is 1. The summed E-state index contributed by atoms with van der Waals surface area (Å²) in [5.74, 6) is 0.0294. The van der Waals surface area contributed by atoms with Crippen LogP contribution in [0.25, 0.3) is 0 Å². The molecule has 0 aliphatic carbocycles. The van der Waals surface area contributed by atoms with Crippen LogP contribution in [-0.4, -0.2) is 23.0 Å². The lowest BCUT2D eigenvalue weighted by molar-refractivity contribution is 0.0601. The molecule has 0 atom stereocenters. The molecule has 1 aromatic carbocycles. The Bertz CT molecular complexity index is 730. The highest BCUT2D eigenvalue weighted by molar-refractivity contribution is 7.98. The van der Waals surface area contributed by atoms with Crippen molar-refractivity contribution < 1.29 is 9.53 Å². The number of thioether (sulfide) groups is 1. The number of rotatable bonds is 4. The minimum atomic E-state index is -0.502. The first-order chi connectivity index (χ1) is 10.0. The summed E-state index contributed by atoms with van der Waals surface area (Å²) in [6.07, 6.45) is 0. The third-order valence-corrected chi connectivity index (χ3v) is 3.60. The normalized spacial score (nSPS) is 10.3. The maximum absolute atomic E-state index is 11.8. The highest BCUT2D eigenvalue weighted by Crippen LogP contribution is 2.25. The molecule has 7 nitrogen and oxygen atoms in total. The van der Waals surface area contributed by atoms with Gasteiger partial charge in [0.15, 0.2) is 5.16 Å². The fraction of sp³-hybridized carbons (Fsp3) is 0.154. The van der Waals surface area contributed by atoms with Gasteiger partial charge in [-0.05, 0) is 11.6 Å². The zero-order valence-electron chi connectivity index (χ0n) is 11.3. The molecule has 0 amide bonds. The van der Waals surface area contributed by atoms with E-state index in [9.17, 15) is 9.59 Å². The van der Waals surface area contributed by atoms with E-state index in [1.54, 1.807) is 18.2 Å². The molecule has 0 saturated heterocycles. The Morgan fingerprint density at radius 3 is 2.86 bits per heavy atom. The first-order valence-electron chi connectivity index (χ1n) is 5.96. The maximum Gasteiger partial charge on any atom is 0.340 e. The number of nitrogens with zero attached hydrogens (tertiary/aromatic N) is 1. The van der Waals surface area contributed by atoms with Crippen molar-refractivity contribution in [3.63, 3.8) is 0 Å². The van der Waals surface area contributed by atoms with Gasteiger partial charge in [0, 0.05) is 17.5 Å². The number of hydrogen-bond donors (Lipinski definition) is 3. The number of nitrogens with two attached hydrogens (primary N) is 2. The van der Waals surface area contributed by atoms with Crippen LogP contribution in [0, 0.1) is 0 Å². The van der Waals surface area contributed by atoms with Gasteiger partial charge in [0.05, 0.1) is 12.7 Å². The van der Waals surface area contributed by atoms with E-state index in [-0.39, 0.29) is 11.4 Å². The molecule has 1 heterocycles. The Balaban J connectivity index is 2.26. The fourth-order valence-electron chi connectivity index (χ4n) is 1.76. The van der Waals surface area contributed by atoms with Crippen LogP contribution in [0.4, 0.5) is 11.5 Å². The third-order valence-electron chi connectivity index (χ3n) is 2.68. The SMILES string of the molecule is COC(=O)c1c(N)cccc1CSc1nc(N)cc(=O)[nH]1. The van der Waals surface area contributed by atoms with Gasteiger partial charge in [0.1, 0.15) is 5.82 Å². The van der Waals surface area contributed by atoms with Crippen molar-refractivity contribution in [2.75, 3.05) is 18.6 Å². The van der Waals surface area contributed by atoms with E-state index in [2.05, 4.69) is 9.97 Å². The summed E-state index contributed by atoms with van der Waals surface area (Å²) in [5, 5.41) is 0.373. The zero-order valence-corrected chi connectivity index (χ0v) is 12.1. The van der Waals surface area contributed by atoms with Gasteiger partial charge in [-0.2, -0.15) is 0 Å². The van der Waals surface area contributed by atoms with Crippen molar-refractivity contribution in [1.82, 2.24) is 9.97 Å². The van der Waals surface area contributed by atoms with Crippen LogP contribution in [0.1, 0.15) is 15.9 Å². The second kappa shape index (κ2) is 6.31. The number of H-pyrrole nitrogens is 1. The molecule has 5 N–H and O–H groups in total. The smallest absolute Gasteiger partial charge is 0.340 e. The number of carbonyl (C=O) groups is 1. The third kappa shape index (κ3) is 3.54. The Morgan fingerprint density at radius 1 is 1.43 bits per heavy atom. The molecule has 0 unspecified atom stereocenters. The molecule has 2 rings (SSSR count). The lowest BCUT2D eigenvalue weighted by Gasteiger charge is -2.10. The minimum Gasteiger partial charge on any atom is -0.465 e. The van der Waals surface area contributed by atoms with Crippen LogP contribution in [0.15, 0.2) is 34.2 Å². The van der Waals surface area contributed by atoms with Crippen LogP contribution in [0.5, 0.6) is 0 Å². The molecule has 2 aromatic rings. The molecule has 21 heavy (non-hydrogen) atoms. The van der Waals surface area contributed by atoms with Crippen LogP contribution in [-0.2, 0) is 10.5 Å². The number of anilines is 2. The van der Waals surface area contributed by atoms with Crippen LogP contribution in [0.2, 0.25) is 0 Å². The van der Waals surface area contributed by atoms with Gasteiger partial charge < -0.3 is 21.2 Å². The van der Waals surface area contributed by atoms with Gasteiger partial charge in [-0.15, -0.1) is 0 Å². The lowest BCUT2D eigenvalue weighted by Crippen LogP contribution is -2.11. The number of hydrogen-bond acceptors (Lipinski definition) is 7. The predicted octanol–water partition coefficient (Wildman–Crippen LogP) is 1.01. The first-order valence-corrected chi connectivity index (χ1v) is 6.95. The number of methoxy groups -OCH3 is 1. The molecule has 0 aliphatic heterocycles. The van der Waals surface area contributed by atoms with Crippen molar-refractivity contribution >= 4 is 29.2 Å². The van der Waals surface area contributed by atoms with Crippen molar-refractivity contribution in [3.05, 3.63) is 45.7 Å². The number of esters is 1. The standard InChI is InChI=1S/C13H14N4O3S/c1-20-12(19)11-7(3-2-4-8(11)14)6-21-13-16-9(15)5-10(18)17-13/h2-5H,6,14H2,1H3,(H3,15,16,17,18). The van der Waals surface area contributed by atoms with Gasteiger partial charge in [0.25, 0.3) is 5.56 Å². The van der Waals surface area contributed by atoms with E-state index in [1.165, 1.54) is 24.9 Å². The van der Waals surface area contributed by atoms with Crippen LogP contribution < -0.4 is 17.0 Å². The molecule has 0 fully saturated rings. The highest BCUT2D eigenvalue weighted by atomic mass is 32.2. The zero-order chi connectivity index (χ0) is 15.4. The molecule has 1 aromatic heterocycles. The van der Waals surface area contributed by atoms with Gasteiger partial charge in [-0.1, -0.05) is 23.9 Å². The molecule has 0 aliphatic rings. The Kier molecular flexibility index (Phi) is 4.49. The van der Waals surface area contributed by atoms with Gasteiger partial charge in [0.2, 0.25) is 0 Å². The average molecular weight is 306 g/mol. The van der Waals surface area contributed by atoms with Gasteiger partial charge in [-0.3, -0.25) is 4.79 Å². The predicted molar refractivity (Wildman–Crippen MR) is 81.0 cm³/mol. The summed E-state index contributed by atoms with van der Waals surface area (Å²) in [6, 6.07) is 6.33. The van der Waals surface area contributed by atoms with Crippen molar-refractivity contribution in [2.45, 2.75) is 10.9 Å². The number of aromatic amines is 1. The quantitative estimate of drug-likeness (QED) is 0.333. The van der Waals surface area contributed by atoms with Crippen molar-refractivity contribution in [2.24, 2.45) is 0 Å². The van der Waals surface area contributed by atoms with Crippen molar-refractivity contribution in [1.29, 1.82) is 0 Å². The maximum atomic E-state index is 11.8. The Labute approximate surface area is 124 Å². The van der Waals surface area contributed by atoms with E-state index < -0.39 is 5.97 Å². The van der Waals surface area contributed by atoms with E-state index in [0.717, 1.165) is 0 Å². The van der Waals surface area contributed by atoms with Gasteiger partial charge in [-0.25, -0.2) is 9.78 Å². The largest absolute Gasteiger partial charge is 0.465 e. The van der Waals surface area contributed by atoms with Crippen molar-refractivity contribution in [3.8, 4) is 0 Å². The number of nitrogens with one attached hydrogen (secondary N) is 1. The molecule has 0 saturated carbocycles. The topological polar surface area (TPSA) is 124 Å². The Hall–Kier alpha value is -2.48. The molecule has 110 valence electrons. The number of carbonyl (C=O) groups excluding carboxylic acids is 1.